The van der Waals surface area contributed by atoms with Crippen LogP contribution in [0.15, 0.2) is 48.5 Å². The van der Waals surface area contributed by atoms with Gasteiger partial charge >= 0.3 is 0 Å². The van der Waals surface area contributed by atoms with Gasteiger partial charge in [0.05, 0.1) is 13.2 Å². The Morgan fingerprint density at radius 1 is 1.19 bits per heavy atom. The van der Waals surface area contributed by atoms with E-state index in [1.165, 1.54) is 24.3 Å². The summed E-state index contributed by atoms with van der Waals surface area (Å²) in [5.41, 5.74) is 1.02. The van der Waals surface area contributed by atoms with Crippen LogP contribution in [-0.4, -0.2) is 24.7 Å². The lowest BCUT2D eigenvalue weighted by Crippen LogP contribution is -2.28. The second-order valence-electron chi connectivity index (χ2n) is 4.51. The van der Waals surface area contributed by atoms with Gasteiger partial charge in [0, 0.05) is 12.1 Å². The molecule has 0 saturated carbocycles. The monoisotopic (exact) mass is 289 g/mol. The number of carbonyl (C=O) groups excluding carboxylic acids is 1. The summed E-state index contributed by atoms with van der Waals surface area (Å²) in [7, 11) is 1.56. The average Bonchev–Trinajstić information content (AvgIpc) is 2.53. The Hall–Kier alpha value is -2.40. The summed E-state index contributed by atoms with van der Waals surface area (Å²) >= 11 is 0. The van der Waals surface area contributed by atoms with Gasteiger partial charge in [-0.15, -0.1) is 0 Å². The first-order chi connectivity index (χ1) is 10.1. The minimum Gasteiger partial charge on any atom is -0.497 e. The maximum absolute atomic E-state index is 12.8. The van der Waals surface area contributed by atoms with Crippen molar-refractivity contribution in [3.63, 3.8) is 0 Å². The average molecular weight is 289 g/mol. The van der Waals surface area contributed by atoms with Crippen molar-refractivity contribution in [2.45, 2.75) is 6.10 Å². The van der Waals surface area contributed by atoms with E-state index in [4.69, 9.17) is 4.74 Å². The zero-order valence-electron chi connectivity index (χ0n) is 11.5. The molecule has 21 heavy (non-hydrogen) atoms. The molecule has 2 aromatic rings. The summed E-state index contributed by atoms with van der Waals surface area (Å²) in [6, 6.07) is 12.2. The molecule has 2 aromatic carbocycles. The minimum absolute atomic E-state index is 0.0720. The number of nitrogens with one attached hydrogen (secondary N) is 1. The fraction of sp³-hybridized carbons (Fsp3) is 0.188. The second kappa shape index (κ2) is 6.85. The van der Waals surface area contributed by atoms with Gasteiger partial charge in [-0.05, 0) is 42.0 Å². The van der Waals surface area contributed by atoms with E-state index in [9.17, 15) is 14.3 Å². The Balaban J connectivity index is 1.92. The summed E-state index contributed by atoms with van der Waals surface area (Å²) in [5.74, 6) is -0.0614. The number of carbonyl (C=O) groups is 1. The van der Waals surface area contributed by atoms with Crippen LogP contribution < -0.4 is 10.1 Å². The van der Waals surface area contributed by atoms with Gasteiger partial charge in [-0.1, -0.05) is 12.1 Å². The highest BCUT2D eigenvalue weighted by atomic mass is 19.1. The minimum atomic E-state index is -0.819. The van der Waals surface area contributed by atoms with Crippen molar-refractivity contribution in [1.29, 1.82) is 0 Å². The summed E-state index contributed by atoms with van der Waals surface area (Å²) < 4.78 is 17.8. The van der Waals surface area contributed by atoms with Crippen LogP contribution in [0.2, 0.25) is 0 Å². The Bertz CT molecular complexity index is 596. The molecular formula is C16H16FNO3. The number of methoxy groups -OCH3 is 1. The van der Waals surface area contributed by atoms with Gasteiger partial charge in [-0.2, -0.15) is 0 Å². The molecule has 5 heteroatoms. The van der Waals surface area contributed by atoms with Crippen LogP contribution in [0, 0.1) is 5.82 Å². The van der Waals surface area contributed by atoms with Crippen LogP contribution >= 0.6 is 0 Å². The summed E-state index contributed by atoms with van der Waals surface area (Å²) in [6.07, 6.45) is -0.819. The molecule has 0 fully saturated rings. The Kier molecular flexibility index (Phi) is 4.90. The van der Waals surface area contributed by atoms with E-state index >= 15 is 0 Å². The van der Waals surface area contributed by atoms with Crippen LogP contribution in [0.1, 0.15) is 22.0 Å². The van der Waals surface area contributed by atoms with E-state index in [1.54, 1.807) is 31.4 Å². The predicted octanol–water partition coefficient (Wildman–Crippen LogP) is 2.30. The normalized spacial score (nSPS) is 11.8. The van der Waals surface area contributed by atoms with Gasteiger partial charge in [-0.25, -0.2) is 4.39 Å². The third-order valence-electron chi connectivity index (χ3n) is 3.06. The van der Waals surface area contributed by atoms with Crippen LogP contribution in [0.4, 0.5) is 4.39 Å². The molecule has 1 atom stereocenters. The second-order valence-corrected chi connectivity index (χ2v) is 4.51. The van der Waals surface area contributed by atoms with E-state index in [-0.39, 0.29) is 12.5 Å². The van der Waals surface area contributed by atoms with Crippen molar-refractivity contribution in [2.75, 3.05) is 13.7 Å². The van der Waals surface area contributed by atoms with E-state index < -0.39 is 11.9 Å². The molecule has 0 heterocycles. The quantitative estimate of drug-likeness (QED) is 0.888. The first-order valence-electron chi connectivity index (χ1n) is 6.46. The molecule has 0 spiro atoms. The van der Waals surface area contributed by atoms with E-state index in [0.717, 1.165) is 0 Å². The van der Waals surface area contributed by atoms with Crippen LogP contribution in [0.5, 0.6) is 5.75 Å². The maximum atomic E-state index is 12.8. The van der Waals surface area contributed by atoms with Crippen molar-refractivity contribution in [1.82, 2.24) is 5.32 Å². The topological polar surface area (TPSA) is 58.6 Å². The van der Waals surface area contributed by atoms with Gasteiger partial charge in [0.1, 0.15) is 11.6 Å². The molecule has 0 aliphatic heterocycles. The van der Waals surface area contributed by atoms with Gasteiger partial charge in [0.25, 0.3) is 5.91 Å². The number of ether oxygens (including phenoxy) is 1. The van der Waals surface area contributed by atoms with Crippen LogP contribution in [0.25, 0.3) is 0 Å². The third-order valence-corrected chi connectivity index (χ3v) is 3.06. The van der Waals surface area contributed by atoms with Crippen molar-refractivity contribution < 1.29 is 19.0 Å². The summed E-state index contributed by atoms with van der Waals surface area (Å²) in [4.78, 5) is 11.8. The van der Waals surface area contributed by atoms with Crippen LogP contribution in [0.3, 0.4) is 0 Å². The largest absolute Gasteiger partial charge is 0.497 e. The first-order valence-corrected chi connectivity index (χ1v) is 6.46. The predicted molar refractivity (Wildman–Crippen MR) is 76.7 cm³/mol. The molecule has 0 bridgehead atoms. The number of rotatable bonds is 5. The molecule has 2 rings (SSSR count). The van der Waals surface area contributed by atoms with Gasteiger partial charge in [0.15, 0.2) is 0 Å². The van der Waals surface area contributed by atoms with Crippen molar-refractivity contribution in [3.8, 4) is 5.75 Å². The maximum Gasteiger partial charge on any atom is 0.251 e. The summed E-state index contributed by atoms with van der Waals surface area (Å²) in [6.45, 7) is 0.0720. The van der Waals surface area contributed by atoms with Crippen molar-refractivity contribution >= 4 is 5.91 Å². The zero-order valence-corrected chi connectivity index (χ0v) is 11.5. The molecule has 0 radical (unpaired) electrons. The van der Waals surface area contributed by atoms with Gasteiger partial charge < -0.3 is 15.2 Å². The Labute approximate surface area is 122 Å². The lowest BCUT2D eigenvalue weighted by atomic mass is 10.1. The van der Waals surface area contributed by atoms with E-state index in [2.05, 4.69) is 5.32 Å². The fourth-order valence-electron chi connectivity index (χ4n) is 1.84. The number of hydrogen-bond donors (Lipinski definition) is 2. The number of halogens is 1. The SMILES string of the molecule is COc1ccc([C@@H](O)CNC(=O)c2ccc(F)cc2)cc1. The Morgan fingerprint density at radius 3 is 2.38 bits per heavy atom. The molecule has 110 valence electrons. The molecule has 0 aliphatic carbocycles. The number of aliphatic hydroxyl groups is 1. The van der Waals surface area contributed by atoms with E-state index in [0.29, 0.717) is 16.9 Å². The van der Waals surface area contributed by atoms with Crippen molar-refractivity contribution in [2.24, 2.45) is 0 Å². The molecule has 2 N–H and O–H groups in total. The molecule has 0 unspecified atom stereocenters. The molecule has 4 nitrogen and oxygen atoms in total. The van der Waals surface area contributed by atoms with Gasteiger partial charge in [-0.3, -0.25) is 4.79 Å². The molecule has 0 aliphatic rings. The van der Waals surface area contributed by atoms with Crippen molar-refractivity contribution in [3.05, 3.63) is 65.5 Å². The Morgan fingerprint density at radius 2 is 1.81 bits per heavy atom. The van der Waals surface area contributed by atoms with Gasteiger partial charge in [0.2, 0.25) is 0 Å². The molecule has 1 amide bonds. The first kappa shape index (κ1) is 15.0. The fourth-order valence-corrected chi connectivity index (χ4v) is 1.84. The highest BCUT2D eigenvalue weighted by Crippen LogP contribution is 2.17. The highest BCUT2D eigenvalue weighted by molar-refractivity contribution is 5.94. The van der Waals surface area contributed by atoms with Crippen LogP contribution in [-0.2, 0) is 0 Å². The standard InChI is InChI=1S/C16H16FNO3/c1-21-14-8-4-11(5-9-14)15(19)10-18-16(20)12-2-6-13(17)7-3-12/h2-9,15,19H,10H2,1H3,(H,18,20)/t15-/m0/s1. The zero-order chi connectivity index (χ0) is 15.2. The number of amides is 1. The lowest BCUT2D eigenvalue weighted by Gasteiger charge is -2.13. The summed E-state index contributed by atoms with van der Waals surface area (Å²) in [5, 5.41) is 12.6. The number of hydrogen-bond acceptors (Lipinski definition) is 3. The number of aliphatic hydroxyl groups excluding tert-OH is 1. The highest BCUT2D eigenvalue weighted by Gasteiger charge is 2.11. The molecular weight excluding hydrogens is 273 g/mol. The smallest absolute Gasteiger partial charge is 0.251 e. The number of benzene rings is 2. The lowest BCUT2D eigenvalue weighted by molar-refractivity contribution is 0.0916. The third kappa shape index (κ3) is 4.03. The molecule has 0 saturated heterocycles. The van der Waals surface area contributed by atoms with E-state index in [1.807, 2.05) is 0 Å². The molecule has 0 aromatic heterocycles.